The van der Waals surface area contributed by atoms with Gasteiger partial charge in [0.1, 0.15) is 5.76 Å². The van der Waals surface area contributed by atoms with Gasteiger partial charge in [0.25, 0.3) is 0 Å². The van der Waals surface area contributed by atoms with Crippen LogP contribution in [-0.4, -0.2) is 29.8 Å². The van der Waals surface area contributed by atoms with Crippen molar-refractivity contribution in [2.24, 2.45) is 5.92 Å². The molecule has 1 N–H and O–H groups in total. The van der Waals surface area contributed by atoms with Crippen molar-refractivity contribution >= 4 is 11.8 Å². The topological polar surface area (TPSA) is 62.6 Å². The molecule has 108 valence electrons. The molecule has 2 atom stereocenters. The fourth-order valence-corrected chi connectivity index (χ4v) is 3.18. The van der Waals surface area contributed by atoms with Gasteiger partial charge >= 0.3 is 0 Å². The monoisotopic (exact) mass is 276 g/mol. The smallest absolute Gasteiger partial charge is 0.225 e. The zero-order valence-corrected chi connectivity index (χ0v) is 11.7. The fourth-order valence-electron chi connectivity index (χ4n) is 3.18. The number of fused-ring (bicyclic) bond motifs is 1. The molecule has 1 aliphatic heterocycles. The Bertz CT molecular complexity index is 523. The summed E-state index contributed by atoms with van der Waals surface area (Å²) in [6.45, 7) is 3.17. The van der Waals surface area contributed by atoms with Gasteiger partial charge in [-0.15, -0.1) is 0 Å². The molecule has 1 aliphatic carbocycles. The number of rotatable bonds is 3. The van der Waals surface area contributed by atoms with Crippen LogP contribution in [0.5, 0.6) is 0 Å². The normalized spacial score (nSPS) is 25.6. The number of furan rings is 1. The lowest BCUT2D eigenvalue weighted by atomic mass is 9.93. The second-order valence-corrected chi connectivity index (χ2v) is 5.59. The summed E-state index contributed by atoms with van der Waals surface area (Å²) in [5.74, 6) is 0.854. The Kier molecular flexibility index (Phi) is 3.51. The minimum absolute atomic E-state index is 0.00616. The highest BCUT2D eigenvalue weighted by Crippen LogP contribution is 2.31. The number of hydrogen-bond acceptors (Lipinski definition) is 3. The highest BCUT2D eigenvalue weighted by Gasteiger charge is 2.35. The zero-order chi connectivity index (χ0) is 14.1. The first-order valence-electron chi connectivity index (χ1n) is 7.33. The van der Waals surface area contributed by atoms with Gasteiger partial charge in [0, 0.05) is 31.5 Å². The molecule has 0 unspecified atom stereocenters. The summed E-state index contributed by atoms with van der Waals surface area (Å²) < 4.78 is 5.43. The Morgan fingerprint density at radius 1 is 1.55 bits per heavy atom. The van der Waals surface area contributed by atoms with E-state index in [1.54, 1.807) is 11.2 Å². The molecule has 2 aliphatic rings. The van der Waals surface area contributed by atoms with E-state index in [1.807, 2.05) is 13.0 Å². The summed E-state index contributed by atoms with van der Waals surface area (Å²) in [7, 11) is 0. The highest BCUT2D eigenvalue weighted by molar-refractivity contribution is 5.89. The van der Waals surface area contributed by atoms with Gasteiger partial charge in [0.05, 0.1) is 18.2 Å². The summed E-state index contributed by atoms with van der Waals surface area (Å²) >= 11 is 0. The third-order valence-corrected chi connectivity index (χ3v) is 4.34. The Morgan fingerprint density at radius 3 is 3.15 bits per heavy atom. The third-order valence-electron chi connectivity index (χ3n) is 4.34. The number of nitrogens with zero attached hydrogens (tertiary/aromatic N) is 1. The van der Waals surface area contributed by atoms with Crippen molar-refractivity contribution in [1.82, 2.24) is 10.2 Å². The lowest BCUT2D eigenvalue weighted by molar-refractivity contribution is -0.129. The van der Waals surface area contributed by atoms with E-state index >= 15 is 0 Å². The first kappa shape index (κ1) is 13.2. The van der Waals surface area contributed by atoms with Crippen molar-refractivity contribution in [3.63, 3.8) is 0 Å². The van der Waals surface area contributed by atoms with Crippen LogP contribution in [0.1, 0.15) is 43.6 Å². The number of likely N-dealkylation sites (tertiary alicyclic amines) is 1. The van der Waals surface area contributed by atoms with Gasteiger partial charge in [-0.05, 0) is 25.8 Å². The average Bonchev–Trinajstić information content (AvgIpc) is 3.05. The van der Waals surface area contributed by atoms with E-state index in [4.69, 9.17) is 4.42 Å². The maximum Gasteiger partial charge on any atom is 0.225 e. The highest BCUT2D eigenvalue weighted by atomic mass is 16.3. The van der Waals surface area contributed by atoms with Crippen molar-refractivity contribution < 1.29 is 14.0 Å². The lowest BCUT2D eigenvalue weighted by Gasteiger charge is -2.24. The van der Waals surface area contributed by atoms with Crippen LogP contribution in [0.4, 0.5) is 0 Å². The van der Waals surface area contributed by atoms with E-state index < -0.39 is 0 Å². The fraction of sp³-hybridized carbons (Fsp3) is 0.600. The SMILES string of the molecule is CCN1C[C@@H](C(=O)N[C@H]2CCCc3occc32)CC1=O. The second-order valence-electron chi connectivity index (χ2n) is 5.59. The Hall–Kier alpha value is -1.78. The first-order chi connectivity index (χ1) is 9.69. The maximum absolute atomic E-state index is 12.3. The molecule has 0 aromatic carbocycles. The first-order valence-corrected chi connectivity index (χ1v) is 7.33. The van der Waals surface area contributed by atoms with Gasteiger partial charge in [-0.2, -0.15) is 0 Å². The molecule has 3 rings (SSSR count). The van der Waals surface area contributed by atoms with Crippen molar-refractivity contribution in [3.8, 4) is 0 Å². The van der Waals surface area contributed by atoms with Gasteiger partial charge in [-0.3, -0.25) is 9.59 Å². The number of hydrogen-bond donors (Lipinski definition) is 1. The largest absolute Gasteiger partial charge is 0.469 e. The number of carbonyl (C=O) groups is 2. The number of aryl methyl sites for hydroxylation is 1. The summed E-state index contributed by atoms with van der Waals surface area (Å²) in [5.41, 5.74) is 1.10. The van der Waals surface area contributed by atoms with Gasteiger partial charge in [-0.1, -0.05) is 0 Å². The molecule has 0 spiro atoms. The minimum atomic E-state index is -0.209. The number of amides is 2. The van der Waals surface area contributed by atoms with Crippen LogP contribution in [0.3, 0.4) is 0 Å². The molecular weight excluding hydrogens is 256 g/mol. The van der Waals surface area contributed by atoms with E-state index in [9.17, 15) is 9.59 Å². The van der Waals surface area contributed by atoms with Crippen LogP contribution in [0.15, 0.2) is 16.7 Å². The molecule has 0 saturated carbocycles. The summed E-state index contributed by atoms with van der Waals surface area (Å²) in [6, 6.07) is 1.98. The van der Waals surface area contributed by atoms with E-state index in [0.717, 1.165) is 30.6 Å². The predicted octanol–water partition coefficient (Wildman–Crippen LogP) is 1.64. The molecule has 1 aromatic rings. The van der Waals surface area contributed by atoms with Crippen LogP contribution in [-0.2, 0) is 16.0 Å². The molecular formula is C15H20N2O3. The molecule has 0 radical (unpaired) electrons. The number of nitrogens with one attached hydrogen (secondary N) is 1. The molecule has 2 amide bonds. The van der Waals surface area contributed by atoms with Crippen LogP contribution >= 0.6 is 0 Å². The average molecular weight is 276 g/mol. The molecule has 1 fully saturated rings. The predicted molar refractivity (Wildman–Crippen MR) is 72.9 cm³/mol. The van der Waals surface area contributed by atoms with Gasteiger partial charge in [0.2, 0.25) is 11.8 Å². The second kappa shape index (κ2) is 5.31. The summed E-state index contributed by atoms with van der Waals surface area (Å²) in [4.78, 5) is 25.8. The molecule has 1 aromatic heterocycles. The van der Waals surface area contributed by atoms with E-state index in [2.05, 4.69) is 5.32 Å². The van der Waals surface area contributed by atoms with E-state index in [-0.39, 0.29) is 23.8 Å². The Labute approximate surface area is 118 Å². The quantitative estimate of drug-likeness (QED) is 0.913. The Balaban J connectivity index is 1.65. The third kappa shape index (κ3) is 2.32. The van der Waals surface area contributed by atoms with Gasteiger partial charge < -0.3 is 14.6 Å². The van der Waals surface area contributed by atoms with E-state index in [0.29, 0.717) is 19.5 Å². The van der Waals surface area contributed by atoms with Gasteiger partial charge in [-0.25, -0.2) is 0 Å². The van der Waals surface area contributed by atoms with Crippen molar-refractivity contribution in [3.05, 3.63) is 23.7 Å². The lowest BCUT2D eigenvalue weighted by Crippen LogP contribution is -2.36. The summed E-state index contributed by atoms with van der Waals surface area (Å²) in [6.07, 6.45) is 4.94. The van der Waals surface area contributed by atoms with Crippen molar-refractivity contribution in [2.45, 2.75) is 38.6 Å². The standard InChI is InChI=1S/C15H20N2O3/c1-2-17-9-10(8-14(17)18)15(19)16-12-4-3-5-13-11(12)6-7-20-13/h6-7,10,12H,2-5,8-9H2,1H3,(H,16,19)/t10-,12-/m0/s1. The molecule has 1 saturated heterocycles. The molecule has 0 bridgehead atoms. The Morgan fingerprint density at radius 2 is 2.40 bits per heavy atom. The van der Waals surface area contributed by atoms with Crippen molar-refractivity contribution in [2.75, 3.05) is 13.1 Å². The van der Waals surface area contributed by atoms with Crippen LogP contribution in [0, 0.1) is 5.92 Å². The number of carbonyl (C=O) groups excluding carboxylic acids is 2. The zero-order valence-electron chi connectivity index (χ0n) is 11.7. The van der Waals surface area contributed by atoms with Crippen molar-refractivity contribution in [1.29, 1.82) is 0 Å². The molecule has 20 heavy (non-hydrogen) atoms. The summed E-state index contributed by atoms with van der Waals surface area (Å²) in [5, 5.41) is 3.09. The van der Waals surface area contributed by atoms with Crippen LogP contribution in [0.25, 0.3) is 0 Å². The molecule has 2 heterocycles. The maximum atomic E-state index is 12.3. The molecule has 5 heteroatoms. The van der Waals surface area contributed by atoms with Crippen LogP contribution in [0.2, 0.25) is 0 Å². The molecule has 5 nitrogen and oxygen atoms in total. The van der Waals surface area contributed by atoms with Crippen LogP contribution < -0.4 is 5.32 Å². The minimum Gasteiger partial charge on any atom is -0.469 e. The van der Waals surface area contributed by atoms with E-state index in [1.165, 1.54) is 0 Å². The van der Waals surface area contributed by atoms with Gasteiger partial charge in [0.15, 0.2) is 0 Å².